The summed E-state index contributed by atoms with van der Waals surface area (Å²) in [6, 6.07) is 81.4. The number of anilines is 5. The van der Waals surface area contributed by atoms with Gasteiger partial charge in [-0.2, -0.15) is 0 Å². The monoisotopic (exact) mass is 890 g/mol. The predicted octanol–water partition coefficient (Wildman–Crippen LogP) is 17.5. The van der Waals surface area contributed by atoms with Gasteiger partial charge in [-0.1, -0.05) is 146 Å². The highest BCUT2D eigenvalue weighted by Gasteiger charge is 2.22. The topological polar surface area (TPSA) is 44.9 Å². The van der Waals surface area contributed by atoms with Crippen LogP contribution >= 0.6 is 0 Å². The zero-order valence-electron chi connectivity index (χ0n) is 38.7. The Labute approximate surface area is 404 Å². The number of aryl methyl sites for hydroxylation is 1. The molecule has 0 spiro atoms. The normalized spacial score (nSPS) is 13.6. The van der Waals surface area contributed by atoms with Crippen LogP contribution in [0, 0.1) is 6.92 Å². The Bertz CT molecular complexity index is 3460. The van der Waals surface area contributed by atoms with Crippen molar-refractivity contribution in [2.75, 3.05) is 9.80 Å². The largest absolute Gasteiger partial charge is 0.436 e. The minimum atomic E-state index is 0.192. The van der Waals surface area contributed by atoms with Gasteiger partial charge in [-0.3, -0.25) is 4.99 Å². The van der Waals surface area contributed by atoms with Gasteiger partial charge >= 0.3 is 0 Å². The molecule has 0 radical (unpaired) electrons. The lowest BCUT2D eigenvalue weighted by atomic mass is 9.88. The van der Waals surface area contributed by atoms with Crippen molar-refractivity contribution in [1.29, 1.82) is 0 Å². The lowest BCUT2D eigenvalue weighted by Crippen LogP contribution is -2.19. The Kier molecular flexibility index (Phi) is 11.9. The highest BCUT2D eigenvalue weighted by atomic mass is 16.3. The van der Waals surface area contributed by atoms with Crippen molar-refractivity contribution >= 4 is 50.9 Å². The summed E-state index contributed by atoms with van der Waals surface area (Å²) in [7, 11) is 0. The Morgan fingerprint density at radius 3 is 1.80 bits per heavy atom. The number of aromatic nitrogens is 1. The summed E-state index contributed by atoms with van der Waals surface area (Å²) in [5.41, 5.74) is 19.4. The highest BCUT2D eigenvalue weighted by molar-refractivity contribution is 6.01. The quantitative estimate of drug-likeness (QED) is 0.115. The van der Waals surface area contributed by atoms with Gasteiger partial charge in [0.2, 0.25) is 5.89 Å². The second-order valence-corrected chi connectivity index (χ2v) is 17.5. The molecular weight excluding hydrogens is 841 g/mol. The van der Waals surface area contributed by atoms with Crippen LogP contribution in [0.5, 0.6) is 0 Å². The van der Waals surface area contributed by atoms with E-state index in [1.165, 1.54) is 22.4 Å². The van der Waals surface area contributed by atoms with E-state index >= 15 is 0 Å². The number of hydrogen-bond donors (Lipinski definition) is 0. The van der Waals surface area contributed by atoms with Crippen LogP contribution in [0.15, 0.2) is 264 Å². The average Bonchev–Trinajstić information content (AvgIpc) is 3.86. The standard InChI is InChI=1S/C64H50N4O/c1-45-17-9-10-30-61(45)65-46(2)47-33-37-57(38-34-47)67(55-24-5-3-6-25-55)59-28-15-22-53(43-59)51-20-13-18-49(41-51)50-19-14-21-52(42-50)54-23-16-29-60(44-54)68(56-26-7-4-8-27-56)58-39-35-48(36-40-58)64-66-62-31-11-12-32-63(62)69-64/h3-43,54H,44H2,1-2H3. The van der Waals surface area contributed by atoms with E-state index in [-0.39, 0.29) is 5.92 Å². The summed E-state index contributed by atoms with van der Waals surface area (Å²) in [5.74, 6) is 0.813. The second-order valence-electron chi connectivity index (χ2n) is 17.5. The summed E-state index contributed by atoms with van der Waals surface area (Å²) in [4.78, 5) is 14.4. The first-order chi connectivity index (χ1) is 34.0. The van der Waals surface area contributed by atoms with E-state index in [9.17, 15) is 0 Å². The number of allylic oxidation sites excluding steroid dienone is 4. The SMILES string of the molecule is CC(=Nc1ccccc1C)c1ccc(N(c2ccccc2)c2cccc(-c3cccc(-c4cccc(C5C=CC=C(N(c6ccccc6)c6ccc(-c7nc8ccccc8o7)cc6)C5)c4)c3)c2)cc1. The van der Waals surface area contributed by atoms with Gasteiger partial charge in [0.15, 0.2) is 5.58 Å². The van der Waals surface area contributed by atoms with Gasteiger partial charge in [-0.25, -0.2) is 4.98 Å². The minimum absolute atomic E-state index is 0.192. The summed E-state index contributed by atoms with van der Waals surface area (Å²) < 4.78 is 6.11. The van der Waals surface area contributed by atoms with Crippen molar-refractivity contribution in [2.24, 2.45) is 4.99 Å². The molecule has 0 amide bonds. The van der Waals surface area contributed by atoms with Crippen molar-refractivity contribution < 1.29 is 4.42 Å². The van der Waals surface area contributed by atoms with E-state index in [1.807, 2.05) is 30.3 Å². The van der Waals surface area contributed by atoms with Crippen LogP contribution in [-0.4, -0.2) is 10.7 Å². The van der Waals surface area contributed by atoms with Gasteiger partial charge in [0, 0.05) is 51.3 Å². The average molecular weight is 891 g/mol. The fourth-order valence-corrected chi connectivity index (χ4v) is 9.33. The van der Waals surface area contributed by atoms with Crippen LogP contribution < -0.4 is 9.80 Å². The maximum absolute atomic E-state index is 6.11. The predicted molar refractivity (Wildman–Crippen MR) is 288 cm³/mol. The second kappa shape index (κ2) is 19.2. The zero-order valence-corrected chi connectivity index (χ0v) is 38.7. The number of oxazole rings is 1. The number of rotatable bonds is 12. The molecule has 0 saturated heterocycles. The maximum atomic E-state index is 6.11. The molecule has 0 N–H and O–H groups in total. The third kappa shape index (κ3) is 9.19. The van der Waals surface area contributed by atoms with Crippen molar-refractivity contribution in [2.45, 2.75) is 26.2 Å². The molecule has 1 atom stereocenters. The van der Waals surface area contributed by atoms with Crippen LogP contribution in [0.4, 0.5) is 34.1 Å². The molecule has 69 heavy (non-hydrogen) atoms. The third-order valence-corrected chi connectivity index (χ3v) is 12.9. The zero-order chi connectivity index (χ0) is 46.5. The van der Waals surface area contributed by atoms with Crippen molar-refractivity contribution in [3.63, 3.8) is 0 Å². The molecule has 5 heteroatoms. The van der Waals surface area contributed by atoms with E-state index in [1.54, 1.807) is 0 Å². The number of nitrogens with zero attached hydrogens (tertiary/aromatic N) is 4. The van der Waals surface area contributed by atoms with Gasteiger partial charge in [0.25, 0.3) is 0 Å². The number of benzene rings is 9. The summed E-state index contributed by atoms with van der Waals surface area (Å²) in [6.45, 7) is 4.18. The van der Waals surface area contributed by atoms with E-state index in [0.29, 0.717) is 5.89 Å². The maximum Gasteiger partial charge on any atom is 0.227 e. The first-order valence-electron chi connectivity index (χ1n) is 23.6. The Morgan fingerprint density at radius 1 is 0.507 bits per heavy atom. The molecule has 1 aromatic heterocycles. The van der Waals surface area contributed by atoms with Crippen molar-refractivity contribution in [3.05, 3.63) is 271 Å². The van der Waals surface area contributed by atoms with Crippen LogP contribution in [-0.2, 0) is 0 Å². The molecule has 0 aliphatic heterocycles. The number of aliphatic imine (C=N–C) groups is 1. The smallest absolute Gasteiger partial charge is 0.227 e. The molecule has 0 bridgehead atoms. The first-order valence-corrected chi connectivity index (χ1v) is 23.6. The first kappa shape index (κ1) is 42.8. The van der Waals surface area contributed by atoms with Gasteiger partial charge in [0.1, 0.15) is 5.52 Å². The van der Waals surface area contributed by atoms with Gasteiger partial charge in [0.05, 0.1) is 5.69 Å². The Morgan fingerprint density at radius 2 is 1.07 bits per heavy atom. The van der Waals surface area contributed by atoms with E-state index in [4.69, 9.17) is 14.4 Å². The molecule has 11 rings (SSSR count). The lowest BCUT2D eigenvalue weighted by Gasteiger charge is -2.31. The molecule has 1 aliphatic carbocycles. The molecule has 1 aliphatic rings. The van der Waals surface area contributed by atoms with Crippen LogP contribution in [0.3, 0.4) is 0 Å². The lowest BCUT2D eigenvalue weighted by molar-refractivity contribution is 0.620. The molecule has 0 saturated carbocycles. The molecule has 5 nitrogen and oxygen atoms in total. The molecule has 1 heterocycles. The van der Waals surface area contributed by atoms with Crippen LogP contribution in [0.25, 0.3) is 44.8 Å². The Hall–Kier alpha value is -8.80. The molecule has 10 aromatic rings. The molecule has 0 fully saturated rings. The summed E-state index contributed by atoms with van der Waals surface area (Å²) in [5, 5.41) is 0. The number of hydrogen-bond acceptors (Lipinski definition) is 5. The number of fused-ring (bicyclic) bond motifs is 1. The molecular formula is C64H50N4O. The van der Waals surface area contributed by atoms with E-state index in [0.717, 1.165) is 85.2 Å². The molecule has 9 aromatic carbocycles. The van der Waals surface area contributed by atoms with Crippen LogP contribution in [0.1, 0.15) is 36.0 Å². The van der Waals surface area contributed by atoms with Crippen molar-refractivity contribution in [1.82, 2.24) is 4.98 Å². The third-order valence-electron chi connectivity index (χ3n) is 12.9. The Balaban J connectivity index is 0.849. The highest BCUT2D eigenvalue weighted by Crippen LogP contribution is 2.41. The van der Waals surface area contributed by atoms with Gasteiger partial charge < -0.3 is 14.2 Å². The van der Waals surface area contributed by atoms with Crippen molar-refractivity contribution in [3.8, 4) is 33.7 Å². The van der Waals surface area contributed by atoms with Gasteiger partial charge in [-0.05, 0) is 162 Å². The molecule has 1 unspecified atom stereocenters. The van der Waals surface area contributed by atoms with E-state index in [2.05, 4.69) is 242 Å². The minimum Gasteiger partial charge on any atom is -0.436 e. The van der Waals surface area contributed by atoms with Crippen LogP contribution in [0.2, 0.25) is 0 Å². The van der Waals surface area contributed by atoms with E-state index < -0.39 is 0 Å². The summed E-state index contributed by atoms with van der Waals surface area (Å²) in [6.07, 6.45) is 7.63. The number of para-hydroxylation sites is 5. The fourth-order valence-electron chi connectivity index (χ4n) is 9.33. The molecule has 332 valence electrons. The van der Waals surface area contributed by atoms with Gasteiger partial charge in [-0.15, -0.1) is 0 Å². The fraction of sp³-hybridized carbons (Fsp3) is 0.0625. The summed E-state index contributed by atoms with van der Waals surface area (Å²) >= 11 is 0.